The number of rotatable bonds is 5. The largest absolute Gasteiger partial charge is 0.425 e. The van der Waals surface area contributed by atoms with Gasteiger partial charge in [-0.25, -0.2) is 4.79 Å². The molecule has 0 aliphatic carbocycles. The molecule has 0 aromatic heterocycles. The Bertz CT molecular complexity index is 471. The van der Waals surface area contributed by atoms with Crippen LogP contribution in [0.4, 0.5) is 5.69 Å². The summed E-state index contributed by atoms with van der Waals surface area (Å²) in [6.07, 6.45) is -0.328. The summed E-state index contributed by atoms with van der Waals surface area (Å²) in [4.78, 5) is 31.7. The highest BCUT2D eigenvalue weighted by molar-refractivity contribution is 5.85. The first-order valence-electron chi connectivity index (χ1n) is 4.90. The van der Waals surface area contributed by atoms with E-state index in [1.54, 1.807) is 0 Å². The van der Waals surface area contributed by atoms with E-state index in [9.17, 15) is 19.7 Å². The molecule has 0 saturated carbocycles. The second-order valence-corrected chi connectivity index (χ2v) is 3.45. The van der Waals surface area contributed by atoms with E-state index in [0.717, 1.165) is 0 Å². The number of nitrogens with zero attached hydrogens (tertiary/aromatic N) is 1. The molecule has 0 unspecified atom stereocenters. The molecule has 1 aromatic rings. The highest BCUT2D eigenvalue weighted by atomic mass is 16.6. The average molecular weight is 253 g/mol. The summed E-state index contributed by atoms with van der Waals surface area (Å²) in [6, 6.07) is 3.72. The van der Waals surface area contributed by atoms with Gasteiger partial charge in [-0.3, -0.25) is 14.9 Å². The van der Waals surface area contributed by atoms with Crippen LogP contribution in [0.5, 0.6) is 5.75 Å². The van der Waals surface area contributed by atoms with Gasteiger partial charge in [-0.05, 0) is 12.1 Å². The zero-order chi connectivity index (χ0) is 13.7. The molecule has 8 nitrogen and oxygen atoms in total. The number of hydrogen-bond acceptors (Lipinski definition) is 6. The highest BCUT2D eigenvalue weighted by Crippen LogP contribution is 2.17. The van der Waals surface area contributed by atoms with E-state index in [0.29, 0.717) is 0 Å². The van der Waals surface area contributed by atoms with Crippen LogP contribution in [0.15, 0.2) is 24.3 Å². The summed E-state index contributed by atoms with van der Waals surface area (Å²) < 4.78 is 4.82. The number of amides is 1. The molecule has 0 bridgehead atoms. The lowest BCUT2D eigenvalue weighted by molar-refractivity contribution is -0.384. The van der Waals surface area contributed by atoms with E-state index < -0.39 is 22.8 Å². The normalized spacial score (nSPS) is 11.6. The first-order chi connectivity index (χ1) is 8.40. The van der Waals surface area contributed by atoms with Crippen LogP contribution in [0.2, 0.25) is 0 Å². The van der Waals surface area contributed by atoms with Gasteiger partial charge >= 0.3 is 5.97 Å². The molecule has 1 aromatic carbocycles. The van der Waals surface area contributed by atoms with Gasteiger partial charge in [-0.1, -0.05) is 0 Å². The summed E-state index contributed by atoms with van der Waals surface area (Å²) in [7, 11) is 0. The molecule has 0 aliphatic heterocycles. The van der Waals surface area contributed by atoms with E-state index in [1.165, 1.54) is 24.3 Å². The molecule has 18 heavy (non-hydrogen) atoms. The van der Waals surface area contributed by atoms with E-state index in [1.807, 2.05) is 0 Å². The molecular weight excluding hydrogens is 242 g/mol. The van der Waals surface area contributed by atoms with E-state index in [-0.39, 0.29) is 17.9 Å². The minimum atomic E-state index is -1.15. The monoisotopic (exact) mass is 253 g/mol. The summed E-state index contributed by atoms with van der Waals surface area (Å²) in [5.41, 5.74) is 10.1. The van der Waals surface area contributed by atoms with Crippen molar-refractivity contribution in [3.05, 3.63) is 34.4 Å². The molecule has 0 aliphatic rings. The van der Waals surface area contributed by atoms with E-state index in [4.69, 9.17) is 16.2 Å². The van der Waals surface area contributed by atoms with Gasteiger partial charge in [-0.2, -0.15) is 0 Å². The van der Waals surface area contributed by atoms with Crippen LogP contribution in [0.25, 0.3) is 0 Å². The molecule has 1 atom stereocenters. The van der Waals surface area contributed by atoms with Gasteiger partial charge < -0.3 is 16.2 Å². The quantitative estimate of drug-likeness (QED) is 0.319. The third-order valence-corrected chi connectivity index (χ3v) is 1.99. The molecule has 0 saturated heterocycles. The van der Waals surface area contributed by atoms with Gasteiger partial charge in [0.05, 0.1) is 11.3 Å². The Morgan fingerprint density at radius 1 is 1.33 bits per heavy atom. The zero-order valence-corrected chi connectivity index (χ0v) is 9.24. The molecule has 4 N–H and O–H groups in total. The van der Waals surface area contributed by atoms with E-state index in [2.05, 4.69) is 0 Å². The van der Waals surface area contributed by atoms with Crippen LogP contribution in [-0.4, -0.2) is 22.8 Å². The Kier molecular flexibility index (Phi) is 4.33. The molecule has 0 spiro atoms. The van der Waals surface area contributed by atoms with Crippen LogP contribution in [0, 0.1) is 10.1 Å². The zero-order valence-electron chi connectivity index (χ0n) is 9.24. The van der Waals surface area contributed by atoms with Crippen LogP contribution >= 0.6 is 0 Å². The van der Waals surface area contributed by atoms with Crippen molar-refractivity contribution in [2.45, 2.75) is 12.5 Å². The second kappa shape index (κ2) is 5.73. The molecule has 1 rings (SSSR count). The maximum atomic E-state index is 11.4. The average Bonchev–Trinajstić information content (AvgIpc) is 2.28. The number of non-ortho nitro benzene ring substituents is 1. The number of carbonyl (C=O) groups excluding carboxylic acids is 2. The van der Waals surface area contributed by atoms with Crippen LogP contribution < -0.4 is 16.2 Å². The Morgan fingerprint density at radius 3 is 2.33 bits per heavy atom. The number of ether oxygens (including phenoxy) is 1. The predicted octanol–water partition coefficient (Wildman–Crippen LogP) is -0.297. The first-order valence-corrected chi connectivity index (χ1v) is 4.90. The summed E-state index contributed by atoms with van der Waals surface area (Å²) in [5, 5.41) is 10.4. The minimum absolute atomic E-state index is 0.102. The molecule has 96 valence electrons. The standard InChI is InChI=1S/C10H11N3O5/c11-8(5-9(12)14)10(15)18-7-3-1-6(2-4-7)13(16)17/h1-4,8H,5,11H2,(H2,12,14)/t8-/m0/s1. The number of nitro benzene ring substituents is 1. The lowest BCUT2D eigenvalue weighted by Gasteiger charge is -2.09. The predicted molar refractivity (Wildman–Crippen MR) is 60.5 cm³/mol. The maximum Gasteiger partial charge on any atom is 0.328 e. The van der Waals surface area contributed by atoms with Gasteiger partial charge in [0.1, 0.15) is 11.8 Å². The maximum absolute atomic E-state index is 11.4. The van der Waals surface area contributed by atoms with Crippen molar-refractivity contribution in [1.82, 2.24) is 0 Å². The number of carbonyl (C=O) groups is 2. The summed E-state index contributed by atoms with van der Waals surface area (Å²) >= 11 is 0. The van der Waals surface area contributed by atoms with Gasteiger partial charge in [0, 0.05) is 12.1 Å². The lowest BCUT2D eigenvalue weighted by atomic mass is 10.2. The fourth-order valence-corrected chi connectivity index (χ4v) is 1.13. The van der Waals surface area contributed by atoms with Gasteiger partial charge in [-0.15, -0.1) is 0 Å². The Hall–Kier alpha value is -2.48. The van der Waals surface area contributed by atoms with Crippen molar-refractivity contribution in [1.29, 1.82) is 0 Å². The summed E-state index contributed by atoms with van der Waals surface area (Å²) in [6.45, 7) is 0. The number of primary amides is 1. The number of nitrogens with two attached hydrogens (primary N) is 2. The third-order valence-electron chi connectivity index (χ3n) is 1.99. The van der Waals surface area contributed by atoms with Crippen molar-refractivity contribution in [3.8, 4) is 5.75 Å². The smallest absolute Gasteiger partial charge is 0.328 e. The second-order valence-electron chi connectivity index (χ2n) is 3.45. The van der Waals surface area contributed by atoms with Gasteiger partial charge in [0.25, 0.3) is 5.69 Å². The Morgan fingerprint density at radius 2 is 1.89 bits per heavy atom. The highest BCUT2D eigenvalue weighted by Gasteiger charge is 2.18. The van der Waals surface area contributed by atoms with Crippen molar-refractivity contribution in [2.24, 2.45) is 11.5 Å². The van der Waals surface area contributed by atoms with E-state index >= 15 is 0 Å². The molecule has 0 heterocycles. The van der Waals surface area contributed by atoms with Crippen LogP contribution in [-0.2, 0) is 9.59 Å². The fourth-order valence-electron chi connectivity index (χ4n) is 1.13. The van der Waals surface area contributed by atoms with Crippen molar-refractivity contribution >= 4 is 17.6 Å². The molecule has 0 radical (unpaired) electrons. The van der Waals surface area contributed by atoms with Crippen molar-refractivity contribution in [2.75, 3.05) is 0 Å². The molecular formula is C10H11N3O5. The molecule has 8 heteroatoms. The Balaban J connectivity index is 2.64. The number of nitro groups is 1. The third kappa shape index (κ3) is 3.83. The SMILES string of the molecule is NC(=O)C[C@H](N)C(=O)Oc1ccc([N+](=O)[O-])cc1. The molecule has 0 fully saturated rings. The number of esters is 1. The van der Waals surface area contributed by atoms with Gasteiger partial charge in [0.15, 0.2) is 0 Å². The van der Waals surface area contributed by atoms with Gasteiger partial charge in [0.2, 0.25) is 5.91 Å². The number of hydrogen-bond donors (Lipinski definition) is 2. The molecule has 1 amide bonds. The fraction of sp³-hybridized carbons (Fsp3) is 0.200. The first kappa shape index (κ1) is 13.6. The number of benzene rings is 1. The Labute approximate surface area is 102 Å². The topological polar surface area (TPSA) is 139 Å². The van der Waals surface area contributed by atoms with Crippen molar-refractivity contribution < 1.29 is 19.2 Å². The van der Waals surface area contributed by atoms with Crippen LogP contribution in [0.1, 0.15) is 6.42 Å². The lowest BCUT2D eigenvalue weighted by Crippen LogP contribution is -2.37. The van der Waals surface area contributed by atoms with Crippen LogP contribution in [0.3, 0.4) is 0 Å². The van der Waals surface area contributed by atoms with Crippen molar-refractivity contribution in [3.63, 3.8) is 0 Å². The summed E-state index contributed by atoms with van der Waals surface area (Å²) in [5.74, 6) is -1.45. The minimum Gasteiger partial charge on any atom is -0.425 e.